The highest BCUT2D eigenvalue weighted by Crippen LogP contribution is 2.35. The van der Waals surface area contributed by atoms with Crippen molar-refractivity contribution in [2.75, 3.05) is 6.61 Å². The van der Waals surface area contributed by atoms with Crippen LogP contribution in [0.2, 0.25) is 0 Å². The highest BCUT2D eigenvalue weighted by molar-refractivity contribution is 4.99. The molecule has 1 saturated carbocycles. The molecular weight excluding hydrogens is 214 g/mol. The normalized spacial score (nSPS) is 19.2. The number of nitrogens with zero attached hydrogens (tertiary/aromatic N) is 2. The average molecular weight is 237 g/mol. The standard InChI is InChI=1S/C13H23N3O/c1-3-16-8-7-15-12(16)9-11(14)13(17-4-2)10-5-6-10/h7-8,10-11,13H,3-6,9,14H2,1-2H3. The first kappa shape index (κ1) is 12.6. The molecule has 1 aromatic heterocycles. The van der Waals surface area contributed by atoms with Gasteiger partial charge in [-0.15, -0.1) is 0 Å². The average Bonchev–Trinajstić information content (AvgIpc) is 3.06. The third-order valence-electron chi connectivity index (χ3n) is 3.43. The maximum atomic E-state index is 6.28. The maximum Gasteiger partial charge on any atom is 0.110 e. The summed E-state index contributed by atoms with van der Waals surface area (Å²) >= 11 is 0. The molecule has 1 aromatic rings. The zero-order chi connectivity index (χ0) is 12.3. The van der Waals surface area contributed by atoms with Crippen molar-refractivity contribution in [2.24, 2.45) is 11.7 Å². The molecule has 4 nitrogen and oxygen atoms in total. The second-order valence-electron chi connectivity index (χ2n) is 4.75. The third kappa shape index (κ3) is 3.07. The zero-order valence-corrected chi connectivity index (χ0v) is 10.8. The number of nitrogens with two attached hydrogens (primary N) is 1. The Morgan fingerprint density at radius 1 is 1.53 bits per heavy atom. The van der Waals surface area contributed by atoms with E-state index in [2.05, 4.69) is 16.5 Å². The van der Waals surface area contributed by atoms with Gasteiger partial charge in [-0.25, -0.2) is 4.98 Å². The summed E-state index contributed by atoms with van der Waals surface area (Å²) in [5, 5.41) is 0. The summed E-state index contributed by atoms with van der Waals surface area (Å²) in [6, 6.07) is 0.0650. The van der Waals surface area contributed by atoms with Crippen molar-refractivity contribution in [1.29, 1.82) is 0 Å². The van der Waals surface area contributed by atoms with Crippen molar-refractivity contribution >= 4 is 0 Å². The van der Waals surface area contributed by atoms with E-state index < -0.39 is 0 Å². The van der Waals surface area contributed by atoms with Crippen LogP contribution in [0.25, 0.3) is 0 Å². The highest BCUT2D eigenvalue weighted by Gasteiger charge is 2.36. The first-order valence-corrected chi connectivity index (χ1v) is 6.63. The lowest BCUT2D eigenvalue weighted by atomic mass is 10.0. The molecule has 0 spiro atoms. The van der Waals surface area contributed by atoms with Crippen LogP contribution in [0.15, 0.2) is 12.4 Å². The summed E-state index contributed by atoms with van der Waals surface area (Å²) in [6.45, 7) is 5.86. The number of ether oxygens (including phenoxy) is 1. The van der Waals surface area contributed by atoms with Crippen molar-refractivity contribution < 1.29 is 4.74 Å². The van der Waals surface area contributed by atoms with E-state index in [1.165, 1.54) is 12.8 Å². The lowest BCUT2D eigenvalue weighted by molar-refractivity contribution is 0.0282. The molecule has 2 unspecified atom stereocenters. The van der Waals surface area contributed by atoms with E-state index in [-0.39, 0.29) is 12.1 Å². The minimum Gasteiger partial charge on any atom is -0.377 e. The van der Waals surface area contributed by atoms with Crippen LogP contribution in [0.1, 0.15) is 32.5 Å². The second kappa shape index (κ2) is 5.65. The van der Waals surface area contributed by atoms with Gasteiger partial charge in [0.2, 0.25) is 0 Å². The minimum absolute atomic E-state index is 0.0650. The molecule has 0 radical (unpaired) electrons. The Labute approximate surface area is 103 Å². The van der Waals surface area contributed by atoms with Gasteiger partial charge >= 0.3 is 0 Å². The van der Waals surface area contributed by atoms with Crippen LogP contribution < -0.4 is 5.73 Å². The number of imidazole rings is 1. The zero-order valence-electron chi connectivity index (χ0n) is 10.8. The second-order valence-corrected chi connectivity index (χ2v) is 4.75. The first-order chi connectivity index (χ1) is 8.26. The van der Waals surface area contributed by atoms with E-state index >= 15 is 0 Å². The lowest BCUT2D eigenvalue weighted by Crippen LogP contribution is -2.40. The van der Waals surface area contributed by atoms with Crippen LogP contribution in [-0.2, 0) is 17.7 Å². The Hall–Kier alpha value is -0.870. The molecule has 0 aliphatic heterocycles. The van der Waals surface area contributed by atoms with Gasteiger partial charge in [-0.05, 0) is 32.6 Å². The molecule has 1 aliphatic carbocycles. The number of aryl methyl sites for hydroxylation is 1. The molecule has 1 aliphatic rings. The van der Waals surface area contributed by atoms with E-state index in [1.807, 2.05) is 19.3 Å². The van der Waals surface area contributed by atoms with Crippen LogP contribution in [0.4, 0.5) is 0 Å². The monoisotopic (exact) mass is 237 g/mol. The molecule has 1 heterocycles. The van der Waals surface area contributed by atoms with Crippen LogP contribution in [0.5, 0.6) is 0 Å². The van der Waals surface area contributed by atoms with Crippen molar-refractivity contribution in [3.8, 4) is 0 Å². The summed E-state index contributed by atoms with van der Waals surface area (Å²) < 4.78 is 7.94. The SMILES string of the molecule is CCOC(C(N)Cc1nccn1CC)C1CC1. The molecule has 4 heteroatoms. The summed E-state index contributed by atoms with van der Waals surface area (Å²) in [5.41, 5.74) is 6.28. The Bertz CT molecular complexity index is 346. The van der Waals surface area contributed by atoms with Crippen LogP contribution >= 0.6 is 0 Å². The van der Waals surface area contributed by atoms with Gasteiger partial charge in [-0.3, -0.25) is 0 Å². The molecule has 1 fully saturated rings. The van der Waals surface area contributed by atoms with E-state index in [0.717, 1.165) is 25.4 Å². The van der Waals surface area contributed by atoms with Crippen LogP contribution in [-0.4, -0.2) is 28.3 Å². The maximum absolute atomic E-state index is 6.28. The Kier molecular flexibility index (Phi) is 4.18. The molecule has 96 valence electrons. The molecule has 0 aromatic carbocycles. The highest BCUT2D eigenvalue weighted by atomic mass is 16.5. The van der Waals surface area contributed by atoms with Gasteiger partial charge in [0.15, 0.2) is 0 Å². The third-order valence-corrected chi connectivity index (χ3v) is 3.43. The fraction of sp³-hybridized carbons (Fsp3) is 0.769. The smallest absolute Gasteiger partial charge is 0.110 e. The van der Waals surface area contributed by atoms with Crippen molar-refractivity contribution in [3.63, 3.8) is 0 Å². The predicted molar refractivity (Wildman–Crippen MR) is 67.7 cm³/mol. The van der Waals surface area contributed by atoms with Gasteiger partial charge < -0.3 is 15.0 Å². The molecule has 2 rings (SSSR count). The molecule has 17 heavy (non-hydrogen) atoms. The summed E-state index contributed by atoms with van der Waals surface area (Å²) in [5.74, 6) is 1.75. The van der Waals surface area contributed by atoms with E-state index in [9.17, 15) is 0 Å². The Morgan fingerprint density at radius 2 is 2.29 bits per heavy atom. The van der Waals surface area contributed by atoms with Crippen molar-refractivity contribution in [2.45, 2.75) is 51.8 Å². The number of rotatable bonds is 7. The molecule has 2 N–H and O–H groups in total. The minimum atomic E-state index is 0.0650. The van der Waals surface area contributed by atoms with Gasteiger partial charge in [0.1, 0.15) is 5.82 Å². The van der Waals surface area contributed by atoms with Crippen LogP contribution in [0, 0.1) is 5.92 Å². The Balaban J connectivity index is 1.96. The van der Waals surface area contributed by atoms with Gasteiger partial charge in [0, 0.05) is 38.0 Å². The summed E-state index contributed by atoms with van der Waals surface area (Å²) in [4.78, 5) is 4.38. The molecule has 0 bridgehead atoms. The molecule has 0 saturated heterocycles. The Morgan fingerprint density at radius 3 is 2.88 bits per heavy atom. The summed E-state index contributed by atoms with van der Waals surface area (Å²) in [6.07, 6.45) is 7.40. The molecular formula is C13H23N3O. The van der Waals surface area contributed by atoms with Gasteiger partial charge in [0.25, 0.3) is 0 Å². The van der Waals surface area contributed by atoms with E-state index in [0.29, 0.717) is 5.92 Å². The van der Waals surface area contributed by atoms with E-state index in [1.54, 1.807) is 0 Å². The van der Waals surface area contributed by atoms with Crippen LogP contribution in [0.3, 0.4) is 0 Å². The predicted octanol–water partition coefficient (Wildman–Crippen LogP) is 1.59. The fourth-order valence-electron chi connectivity index (χ4n) is 2.37. The molecule has 0 amide bonds. The number of hydrogen-bond acceptors (Lipinski definition) is 3. The fourth-order valence-corrected chi connectivity index (χ4v) is 2.37. The molecule has 2 atom stereocenters. The lowest BCUT2D eigenvalue weighted by Gasteiger charge is -2.23. The van der Waals surface area contributed by atoms with Crippen molar-refractivity contribution in [3.05, 3.63) is 18.2 Å². The van der Waals surface area contributed by atoms with Crippen molar-refractivity contribution in [1.82, 2.24) is 9.55 Å². The topological polar surface area (TPSA) is 53.1 Å². The first-order valence-electron chi connectivity index (χ1n) is 6.63. The number of aromatic nitrogens is 2. The largest absolute Gasteiger partial charge is 0.377 e. The number of hydrogen-bond donors (Lipinski definition) is 1. The summed E-state index contributed by atoms with van der Waals surface area (Å²) in [7, 11) is 0. The van der Waals surface area contributed by atoms with E-state index in [4.69, 9.17) is 10.5 Å². The van der Waals surface area contributed by atoms with Gasteiger partial charge in [0.05, 0.1) is 6.10 Å². The van der Waals surface area contributed by atoms with Gasteiger partial charge in [-0.1, -0.05) is 0 Å². The van der Waals surface area contributed by atoms with Gasteiger partial charge in [-0.2, -0.15) is 0 Å². The quantitative estimate of drug-likeness (QED) is 0.783.